The van der Waals surface area contributed by atoms with E-state index in [1.54, 1.807) is 6.07 Å². The Kier molecular flexibility index (Phi) is 5.90. The van der Waals surface area contributed by atoms with Crippen LogP contribution in [0.4, 0.5) is 4.39 Å². The van der Waals surface area contributed by atoms with Crippen LogP contribution in [0.5, 0.6) is 0 Å². The van der Waals surface area contributed by atoms with Crippen molar-refractivity contribution in [3.63, 3.8) is 0 Å². The van der Waals surface area contributed by atoms with Crippen LogP contribution in [0.2, 0.25) is 5.02 Å². The summed E-state index contributed by atoms with van der Waals surface area (Å²) in [6.45, 7) is 3.85. The van der Waals surface area contributed by atoms with Gasteiger partial charge in [0.15, 0.2) is 0 Å². The Morgan fingerprint density at radius 1 is 1.26 bits per heavy atom. The van der Waals surface area contributed by atoms with Crippen molar-refractivity contribution >= 4 is 36.4 Å². The smallest absolute Gasteiger partial charge is 0.142 e. The van der Waals surface area contributed by atoms with Crippen LogP contribution in [-0.4, -0.2) is 24.5 Å². The zero-order chi connectivity index (χ0) is 12.0. The molecule has 1 aromatic rings. The summed E-state index contributed by atoms with van der Waals surface area (Å²) < 4.78 is 13.3. The molecule has 1 saturated heterocycles. The first-order chi connectivity index (χ1) is 8.19. The average molecular weight is 328 g/mol. The summed E-state index contributed by atoms with van der Waals surface area (Å²) in [6.07, 6.45) is 0. The molecule has 6 heteroatoms. The number of likely N-dealkylation sites (tertiary alicyclic amines) is 1. The molecular formula is C13H18Cl3FN2. The van der Waals surface area contributed by atoms with E-state index in [0.717, 1.165) is 49.5 Å². The van der Waals surface area contributed by atoms with Crippen LogP contribution in [0, 0.1) is 23.6 Å². The highest BCUT2D eigenvalue weighted by atomic mass is 35.5. The van der Waals surface area contributed by atoms with Crippen molar-refractivity contribution in [3.8, 4) is 0 Å². The largest absolute Gasteiger partial charge is 0.330 e. The number of halogens is 4. The third kappa shape index (κ3) is 3.34. The maximum Gasteiger partial charge on any atom is 0.142 e. The Morgan fingerprint density at radius 2 is 1.89 bits per heavy atom. The minimum atomic E-state index is -0.326. The number of fused-ring (bicyclic) bond motifs is 1. The molecule has 3 rings (SSSR count). The third-order valence-corrected chi connectivity index (χ3v) is 4.42. The molecule has 0 radical (unpaired) electrons. The van der Waals surface area contributed by atoms with Crippen molar-refractivity contribution in [2.45, 2.75) is 6.54 Å². The summed E-state index contributed by atoms with van der Waals surface area (Å²) in [4.78, 5) is 2.38. The first-order valence-corrected chi connectivity index (χ1v) is 6.43. The van der Waals surface area contributed by atoms with E-state index < -0.39 is 0 Å². The SMILES string of the molecule is Cl.Cl.NCC1[C@H]2CN(Cc3ccc(Cl)c(F)c3)C[C@@H]12. The maximum absolute atomic E-state index is 13.3. The number of benzene rings is 1. The third-order valence-electron chi connectivity index (χ3n) is 4.11. The molecule has 2 nitrogen and oxygen atoms in total. The van der Waals surface area contributed by atoms with Gasteiger partial charge < -0.3 is 5.73 Å². The van der Waals surface area contributed by atoms with Gasteiger partial charge in [0.2, 0.25) is 0 Å². The highest BCUT2D eigenvalue weighted by Crippen LogP contribution is 2.51. The van der Waals surface area contributed by atoms with E-state index >= 15 is 0 Å². The molecule has 0 spiro atoms. The van der Waals surface area contributed by atoms with Gasteiger partial charge >= 0.3 is 0 Å². The number of hydrogen-bond donors (Lipinski definition) is 1. The molecule has 1 heterocycles. The van der Waals surface area contributed by atoms with Crippen molar-refractivity contribution in [1.82, 2.24) is 4.90 Å². The fourth-order valence-corrected chi connectivity index (χ4v) is 3.23. The van der Waals surface area contributed by atoms with Crippen molar-refractivity contribution in [2.24, 2.45) is 23.5 Å². The molecule has 1 aliphatic carbocycles. The standard InChI is InChI=1S/C13H16ClFN2.2ClH/c14-12-2-1-8(3-13(12)15)5-17-6-10-9(4-16)11(10)7-17;;/h1-3,9-11H,4-7,16H2;2*1H/t9?,10-,11+;;. The van der Waals surface area contributed by atoms with Crippen LogP contribution in [-0.2, 0) is 6.54 Å². The Balaban J connectivity index is 0.000000902. The Labute approximate surface area is 130 Å². The van der Waals surface area contributed by atoms with E-state index in [4.69, 9.17) is 17.3 Å². The van der Waals surface area contributed by atoms with E-state index in [0.29, 0.717) is 0 Å². The second-order valence-corrected chi connectivity index (χ2v) is 5.58. The topological polar surface area (TPSA) is 29.3 Å². The van der Waals surface area contributed by atoms with Crippen molar-refractivity contribution in [1.29, 1.82) is 0 Å². The number of nitrogens with two attached hydrogens (primary N) is 1. The average Bonchev–Trinajstić information content (AvgIpc) is 2.78. The van der Waals surface area contributed by atoms with Gasteiger partial charge in [0.1, 0.15) is 5.82 Å². The van der Waals surface area contributed by atoms with Crippen molar-refractivity contribution < 1.29 is 4.39 Å². The molecule has 2 N–H and O–H groups in total. The fraction of sp³-hybridized carbons (Fsp3) is 0.538. The fourth-order valence-electron chi connectivity index (χ4n) is 3.11. The second kappa shape index (κ2) is 6.59. The van der Waals surface area contributed by atoms with Gasteiger partial charge in [-0.25, -0.2) is 4.39 Å². The lowest BCUT2D eigenvalue weighted by atomic mass is 10.2. The van der Waals surface area contributed by atoms with E-state index in [2.05, 4.69) is 4.90 Å². The van der Waals surface area contributed by atoms with Crippen LogP contribution in [0.3, 0.4) is 0 Å². The summed E-state index contributed by atoms with van der Waals surface area (Å²) in [6, 6.07) is 5.06. The van der Waals surface area contributed by atoms with Gasteiger partial charge in [-0.05, 0) is 42.0 Å². The molecule has 2 fully saturated rings. The van der Waals surface area contributed by atoms with Gasteiger partial charge in [-0.15, -0.1) is 24.8 Å². The minimum absolute atomic E-state index is 0. The zero-order valence-corrected chi connectivity index (χ0v) is 12.8. The maximum atomic E-state index is 13.3. The van der Waals surface area contributed by atoms with Crippen LogP contribution in [0.15, 0.2) is 18.2 Å². The van der Waals surface area contributed by atoms with Crippen LogP contribution < -0.4 is 5.73 Å². The Hall–Kier alpha value is -0.0600. The van der Waals surface area contributed by atoms with Crippen LogP contribution in [0.1, 0.15) is 5.56 Å². The van der Waals surface area contributed by atoms with Gasteiger partial charge in [0.25, 0.3) is 0 Å². The lowest BCUT2D eigenvalue weighted by molar-refractivity contribution is 0.278. The first kappa shape index (κ1) is 17.0. The number of piperidine rings is 1. The molecule has 1 aromatic carbocycles. The number of hydrogen-bond acceptors (Lipinski definition) is 2. The van der Waals surface area contributed by atoms with Crippen molar-refractivity contribution in [3.05, 3.63) is 34.6 Å². The highest BCUT2D eigenvalue weighted by molar-refractivity contribution is 6.30. The minimum Gasteiger partial charge on any atom is -0.330 e. The second-order valence-electron chi connectivity index (χ2n) is 5.17. The molecule has 1 saturated carbocycles. The molecular weight excluding hydrogens is 310 g/mol. The van der Waals surface area contributed by atoms with Gasteiger partial charge in [-0.3, -0.25) is 4.90 Å². The van der Waals surface area contributed by atoms with E-state index in [-0.39, 0.29) is 35.7 Å². The lowest BCUT2D eigenvalue weighted by Gasteiger charge is -2.19. The summed E-state index contributed by atoms with van der Waals surface area (Å²) in [7, 11) is 0. The van der Waals surface area contributed by atoms with Crippen molar-refractivity contribution in [2.75, 3.05) is 19.6 Å². The van der Waals surface area contributed by atoms with E-state index in [1.807, 2.05) is 6.07 Å². The quantitative estimate of drug-likeness (QED) is 0.925. The molecule has 19 heavy (non-hydrogen) atoms. The Morgan fingerprint density at radius 3 is 2.42 bits per heavy atom. The normalized spacial score (nSPS) is 28.3. The summed E-state index contributed by atoms with van der Waals surface area (Å²) in [5, 5.41) is 0.196. The van der Waals surface area contributed by atoms with Gasteiger partial charge in [0.05, 0.1) is 5.02 Å². The zero-order valence-electron chi connectivity index (χ0n) is 10.4. The molecule has 1 unspecified atom stereocenters. The number of rotatable bonds is 3. The summed E-state index contributed by atoms with van der Waals surface area (Å²) in [5.74, 6) is 2.00. The Bertz CT molecular complexity index is 432. The summed E-state index contributed by atoms with van der Waals surface area (Å²) in [5.41, 5.74) is 6.67. The molecule has 0 amide bonds. The molecule has 2 aliphatic rings. The van der Waals surface area contributed by atoms with Gasteiger partial charge in [-0.1, -0.05) is 17.7 Å². The van der Waals surface area contributed by atoms with E-state index in [1.165, 1.54) is 6.07 Å². The molecule has 108 valence electrons. The lowest BCUT2D eigenvalue weighted by Crippen LogP contribution is -2.25. The molecule has 1 aliphatic heterocycles. The van der Waals surface area contributed by atoms with Crippen LogP contribution >= 0.6 is 36.4 Å². The number of nitrogens with zero attached hydrogens (tertiary/aromatic N) is 1. The predicted molar refractivity (Wildman–Crippen MR) is 80.7 cm³/mol. The molecule has 0 aromatic heterocycles. The molecule has 0 bridgehead atoms. The van der Waals surface area contributed by atoms with Gasteiger partial charge in [-0.2, -0.15) is 0 Å². The first-order valence-electron chi connectivity index (χ1n) is 6.05. The van der Waals surface area contributed by atoms with Gasteiger partial charge in [0, 0.05) is 19.6 Å². The molecule has 3 atom stereocenters. The van der Waals surface area contributed by atoms with E-state index in [9.17, 15) is 4.39 Å². The monoisotopic (exact) mass is 326 g/mol. The highest BCUT2D eigenvalue weighted by Gasteiger charge is 2.54. The predicted octanol–water partition coefficient (Wildman–Crippen LogP) is 2.96. The summed E-state index contributed by atoms with van der Waals surface area (Å²) >= 11 is 5.66. The van der Waals surface area contributed by atoms with Crippen LogP contribution in [0.25, 0.3) is 0 Å².